The Labute approximate surface area is 168 Å². The van der Waals surface area contributed by atoms with Crippen LogP contribution in [0.2, 0.25) is 0 Å². The molecule has 0 N–H and O–H groups in total. The maximum absolute atomic E-state index is 10.3. The molecule has 0 aliphatic carbocycles. The van der Waals surface area contributed by atoms with E-state index in [1.807, 2.05) is 0 Å². The Balaban J connectivity index is 0. The van der Waals surface area contributed by atoms with Crippen molar-refractivity contribution in [1.29, 1.82) is 0 Å². The molecule has 0 amide bonds. The predicted octanol–water partition coefficient (Wildman–Crippen LogP) is 6.56. The first kappa shape index (κ1) is 27.2. The van der Waals surface area contributed by atoms with Gasteiger partial charge in [-0.15, -0.1) is 0 Å². The van der Waals surface area contributed by atoms with Crippen molar-refractivity contribution in [3.8, 4) is 0 Å². The van der Waals surface area contributed by atoms with E-state index in [1.165, 1.54) is 109 Å². The van der Waals surface area contributed by atoms with Gasteiger partial charge in [-0.3, -0.25) is 0 Å². The molecule has 0 aliphatic rings. The van der Waals surface area contributed by atoms with E-state index >= 15 is 0 Å². The summed E-state index contributed by atoms with van der Waals surface area (Å²) in [7, 11) is 0. The fraction of sp³-hybridized carbons (Fsp3) is 0.955. The zero-order valence-corrected chi connectivity index (χ0v) is 17.8. The minimum atomic E-state index is -0.901. The number of rotatable bonds is 20. The normalized spacial score (nSPS) is 10.6. The molecular formula is C22H43CoO2-. The topological polar surface area (TPSA) is 40.1 Å². The minimum Gasteiger partial charge on any atom is -0.550 e. The van der Waals surface area contributed by atoms with Gasteiger partial charge in [0.1, 0.15) is 0 Å². The summed E-state index contributed by atoms with van der Waals surface area (Å²) in [5, 5.41) is 10.3. The molecule has 0 aromatic rings. The molecule has 0 aromatic heterocycles. The molecule has 0 fully saturated rings. The van der Waals surface area contributed by atoms with Crippen molar-refractivity contribution in [3.05, 3.63) is 0 Å². The van der Waals surface area contributed by atoms with Crippen molar-refractivity contribution in [2.24, 2.45) is 0 Å². The summed E-state index contributed by atoms with van der Waals surface area (Å²) >= 11 is 0. The zero-order valence-electron chi connectivity index (χ0n) is 16.8. The van der Waals surface area contributed by atoms with E-state index in [1.54, 1.807) is 0 Å². The van der Waals surface area contributed by atoms with E-state index in [-0.39, 0.29) is 23.2 Å². The molecule has 0 atom stereocenters. The molecule has 0 rings (SSSR count). The molecule has 1 radical (unpaired) electrons. The summed E-state index contributed by atoms with van der Waals surface area (Å²) in [5.74, 6) is -0.901. The average Bonchev–Trinajstić information content (AvgIpc) is 2.56. The van der Waals surface area contributed by atoms with Crippen LogP contribution in [0.15, 0.2) is 0 Å². The quantitative estimate of drug-likeness (QED) is 0.218. The summed E-state index contributed by atoms with van der Waals surface area (Å²) in [4.78, 5) is 10.3. The van der Waals surface area contributed by atoms with Gasteiger partial charge in [-0.2, -0.15) is 0 Å². The molecule has 0 bridgehead atoms. The number of hydrogen-bond donors (Lipinski definition) is 0. The maximum Gasteiger partial charge on any atom is 0.0414 e. The van der Waals surface area contributed by atoms with Gasteiger partial charge >= 0.3 is 0 Å². The van der Waals surface area contributed by atoms with Crippen molar-refractivity contribution >= 4 is 5.97 Å². The SMILES string of the molecule is CCCCCCCCCCCCCCCCCCCCCC(=O)[O-].[Co]. The molecule has 0 unspecified atom stereocenters. The monoisotopic (exact) mass is 398 g/mol. The third-order valence-corrected chi connectivity index (χ3v) is 4.98. The van der Waals surface area contributed by atoms with Crippen LogP contribution in [0.3, 0.4) is 0 Å². The molecule has 0 aliphatic heterocycles. The minimum absolute atomic E-state index is 0. The second kappa shape index (κ2) is 24.0. The third-order valence-electron chi connectivity index (χ3n) is 4.98. The van der Waals surface area contributed by atoms with E-state index in [9.17, 15) is 9.90 Å². The Hall–Kier alpha value is -0.0235. The Morgan fingerprint density at radius 2 is 0.760 bits per heavy atom. The summed E-state index contributed by atoms with van der Waals surface area (Å²) in [6.07, 6.45) is 25.7. The molecule has 153 valence electrons. The fourth-order valence-corrected chi connectivity index (χ4v) is 3.35. The van der Waals surface area contributed by atoms with Gasteiger partial charge < -0.3 is 9.90 Å². The Morgan fingerprint density at radius 3 is 1.00 bits per heavy atom. The first-order valence-electron chi connectivity index (χ1n) is 11.0. The molecule has 0 saturated heterocycles. The predicted molar refractivity (Wildman–Crippen MR) is 103 cm³/mol. The van der Waals surface area contributed by atoms with E-state index in [4.69, 9.17) is 0 Å². The average molecular weight is 399 g/mol. The Kier molecular flexibility index (Phi) is 26.1. The van der Waals surface area contributed by atoms with Gasteiger partial charge in [0.05, 0.1) is 0 Å². The third kappa shape index (κ3) is 26.3. The molecule has 0 saturated carbocycles. The van der Waals surface area contributed by atoms with Crippen LogP contribution < -0.4 is 5.11 Å². The van der Waals surface area contributed by atoms with Gasteiger partial charge in [0.25, 0.3) is 0 Å². The molecule has 0 heterocycles. The van der Waals surface area contributed by atoms with Gasteiger partial charge in [-0.1, -0.05) is 122 Å². The Bertz CT molecular complexity index is 256. The van der Waals surface area contributed by atoms with Gasteiger partial charge in [0.2, 0.25) is 0 Å². The van der Waals surface area contributed by atoms with Crippen LogP contribution in [-0.4, -0.2) is 5.97 Å². The van der Waals surface area contributed by atoms with Crippen LogP contribution in [0.1, 0.15) is 135 Å². The van der Waals surface area contributed by atoms with Gasteiger partial charge in [0.15, 0.2) is 0 Å². The second-order valence-electron chi connectivity index (χ2n) is 7.49. The number of hydrogen-bond acceptors (Lipinski definition) is 2. The van der Waals surface area contributed by atoms with Crippen LogP contribution in [0, 0.1) is 0 Å². The van der Waals surface area contributed by atoms with E-state index < -0.39 is 5.97 Å². The van der Waals surface area contributed by atoms with Gasteiger partial charge in [-0.25, -0.2) is 0 Å². The largest absolute Gasteiger partial charge is 0.550 e. The van der Waals surface area contributed by atoms with E-state index in [0.717, 1.165) is 12.8 Å². The fourth-order valence-electron chi connectivity index (χ4n) is 3.35. The van der Waals surface area contributed by atoms with Gasteiger partial charge in [0, 0.05) is 22.7 Å². The number of unbranched alkanes of at least 4 members (excludes halogenated alkanes) is 18. The van der Waals surface area contributed by atoms with Gasteiger partial charge in [-0.05, 0) is 12.8 Å². The second-order valence-corrected chi connectivity index (χ2v) is 7.49. The molecule has 0 aromatic carbocycles. The molecular weight excluding hydrogens is 355 g/mol. The summed E-state index contributed by atoms with van der Waals surface area (Å²) < 4.78 is 0. The number of carbonyl (C=O) groups is 1. The smallest absolute Gasteiger partial charge is 0.0414 e. The number of carbonyl (C=O) groups excluding carboxylic acids is 1. The number of carboxylic acids is 1. The maximum atomic E-state index is 10.3. The number of carboxylic acid groups (broad SMARTS) is 1. The van der Waals surface area contributed by atoms with Crippen LogP contribution in [0.5, 0.6) is 0 Å². The summed E-state index contributed by atoms with van der Waals surface area (Å²) in [6.45, 7) is 2.28. The van der Waals surface area contributed by atoms with E-state index in [2.05, 4.69) is 6.92 Å². The molecule has 2 nitrogen and oxygen atoms in total. The first-order chi connectivity index (χ1) is 11.8. The molecule has 25 heavy (non-hydrogen) atoms. The number of aliphatic carboxylic acids is 1. The van der Waals surface area contributed by atoms with Crippen LogP contribution in [0.25, 0.3) is 0 Å². The van der Waals surface area contributed by atoms with Crippen molar-refractivity contribution in [1.82, 2.24) is 0 Å². The van der Waals surface area contributed by atoms with Crippen molar-refractivity contribution < 1.29 is 26.7 Å². The first-order valence-corrected chi connectivity index (χ1v) is 11.0. The summed E-state index contributed by atoms with van der Waals surface area (Å²) in [5.41, 5.74) is 0. The molecule has 3 heteroatoms. The summed E-state index contributed by atoms with van der Waals surface area (Å²) in [6, 6.07) is 0. The van der Waals surface area contributed by atoms with Crippen molar-refractivity contribution in [2.75, 3.05) is 0 Å². The van der Waals surface area contributed by atoms with Crippen LogP contribution in [0.4, 0.5) is 0 Å². The van der Waals surface area contributed by atoms with Crippen molar-refractivity contribution in [2.45, 2.75) is 135 Å². The standard InChI is InChI=1S/C22H44O2.Co/c1-2-3-4-5-6-7-8-9-10-11-12-13-14-15-16-17-18-19-20-21-22(23)24;/h2-21H2,1H3,(H,23,24);/p-1. The van der Waals surface area contributed by atoms with Crippen LogP contribution >= 0.6 is 0 Å². The zero-order chi connectivity index (χ0) is 17.7. The Morgan fingerprint density at radius 1 is 0.520 bits per heavy atom. The van der Waals surface area contributed by atoms with Crippen molar-refractivity contribution in [3.63, 3.8) is 0 Å². The molecule has 0 spiro atoms. The van der Waals surface area contributed by atoms with E-state index in [0.29, 0.717) is 0 Å². The van der Waals surface area contributed by atoms with Crippen LogP contribution in [-0.2, 0) is 21.6 Å².